The van der Waals surface area contributed by atoms with Crippen molar-refractivity contribution < 1.29 is 5.11 Å². The molecule has 0 spiro atoms. The lowest BCUT2D eigenvalue weighted by Crippen LogP contribution is -2.20. The van der Waals surface area contributed by atoms with Gasteiger partial charge in [0.25, 0.3) is 5.56 Å². The van der Waals surface area contributed by atoms with Crippen molar-refractivity contribution in [2.24, 2.45) is 0 Å². The van der Waals surface area contributed by atoms with E-state index in [9.17, 15) is 15.2 Å². The SMILES string of the molecule is Cc1cc(=O)n2c3ccccc3n(CC(O)CCl)c2c1C#N.Cl. The molecule has 1 aromatic carbocycles. The molecule has 0 saturated heterocycles. The van der Waals surface area contributed by atoms with Gasteiger partial charge in [-0.3, -0.25) is 9.20 Å². The van der Waals surface area contributed by atoms with Crippen molar-refractivity contribution in [3.05, 3.63) is 51.8 Å². The third-order valence-corrected chi connectivity index (χ3v) is 4.10. The van der Waals surface area contributed by atoms with Gasteiger partial charge in [0.15, 0.2) is 0 Å². The van der Waals surface area contributed by atoms with Gasteiger partial charge in [0.1, 0.15) is 11.7 Å². The van der Waals surface area contributed by atoms with Gasteiger partial charge in [-0.25, -0.2) is 0 Å². The van der Waals surface area contributed by atoms with E-state index >= 15 is 0 Å². The second kappa shape index (κ2) is 6.63. The lowest BCUT2D eigenvalue weighted by atomic mass is 10.1. The Morgan fingerprint density at radius 2 is 2.00 bits per heavy atom. The average Bonchev–Trinajstić information content (AvgIpc) is 2.83. The number of fused-ring (bicyclic) bond motifs is 3. The van der Waals surface area contributed by atoms with E-state index in [0.717, 1.165) is 5.52 Å². The van der Waals surface area contributed by atoms with Crippen molar-refractivity contribution >= 4 is 40.7 Å². The highest BCUT2D eigenvalue weighted by Crippen LogP contribution is 2.23. The molecule has 1 unspecified atom stereocenters. The maximum Gasteiger partial charge on any atom is 0.257 e. The van der Waals surface area contributed by atoms with Gasteiger partial charge in [0.05, 0.1) is 35.1 Å². The summed E-state index contributed by atoms with van der Waals surface area (Å²) in [4.78, 5) is 12.4. The number of aliphatic hydroxyl groups is 1. The molecule has 23 heavy (non-hydrogen) atoms. The van der Waals surface area contributed by atoms with Crippen molar-refractivity contribution in [2.75, 3.05) is 5.88 Å². The predicted molar refractivity (Wildman–Crippen MR) is 92.6 cm³/mol. The summed E-state index contributed by atoms with van der Waals surface area (Å²) in [5.74, 6) is 0.0800. The molecule has 0 fully saturated rings. The molecule has 120 valence electrons. The standard InChI is InChI=1S/C16H14ClN3O2.ClH/c1-10-6-15(22)20-14-5-3-2-4-13(14)19(9-11(21)7-17)16(20)12(10)8-18;/h2-6,11,21H,7,9H2,1H3;1H. The molecule has 3 aromatic rings. The van der Waals surface area contributed by atoms with E-state index in [0.29, 0.717) is 22.3 Å². The molecule has 1 N–H and O–H groups in total. The van der Waals surface area contributed by atoms with E-state index in [1.54, 1.807) is 11.5 Å². The number of pyridine rings is 1. The number of nitriles is 1. The number of hydrogen-bond donors (Lipinski definition) is 1. The fourth-order valence-corrected chi connectivity index (χ4v) is 2.88. The van der Waals surface area contributed by atoms with Crippen LogP contribution in [0.3, 0.4) is 0 Å². The molecule has 2 aromatic heterocycles. The molecule has 0 amide bonds. The molecule has 0 saturated carbocycles. The van der Waals surface area contributed by atoms with Crippen LogP contribution in [0.25, 0.3) is 16.7 Å². The van der Waals surface area contributed by atoms with Crippen LogP contribution in [0.5, 0.6) is 0 Å². The summed E-state index contributed by atoms with van der Waals surface area (Å²) < 4.78 is 3.30. The number of alkyl halides is 1. The molecule has 2 heterocycles. The summed E-state index contributed by atoms with van der Waals surface area (Å²) in [6.07, 6.45) is -0.761. The Hall–Kier alpha value is -2.00. The zero-order valence-corrected chi connectivity index (χ0v) is 13.9. The second-order valence-corrected chi connectivity index (χ2v) is 5.53. The van der Waals surface area contributed by atoms with Gasteiger partial charge in [-0.05, 0) is 24.6 Å². The summed E-state index contributed by atoms with van der Waals surface area (Å²) in [6.45, 7) is 1.96. The molecular formula is C16H15Cl2N3O2. The van der Waals surface area contributed by atoms with E-state index in [1.807, 2.05) is 24.3 Å². The zero-order valence-electron chi connectivity index (χ0n) is 12.4. The highest BCUT2D eigenvalue weighted by atomic mass is 35.5. The topological polar surface area (TPSA) is 70.4 Å². The smallest absolute Gasteiger partial charge is 0.257 e. The van der Waals surface area contributed by atoms with Crippen molar-refractivity contribution in [2.45, 2.75) is 19.6 Å². The van der Waals surface area contributed by atoms with Crippen molar-refractivity contribution in [1.82, 2.24) is 8.97 Å². The maximum atomic E-state index is 12.4. The minimum absolute atomic E-state index is 0. The number of imidazole rings is 1. The first-order valence-corrected chi connectivity index (χ1v) is 7.39. The number of aryl methyl sites for hydroxylation is 1. The first kappa shape index (κ1) is 17.4. The third kappa shape index (κ3) is 2.70. The number of halogens is 2. The number of aliphatic hydroxyl groups excluding tert-OH is 1. The van der Waals surface area contributed by atoms with E-state index in [1.165, 1.54) is 10.5 Å². The van der Waals surface area contributed by atoms with Gasteiger partial charge in [-0.1, -0.05) is 12.1 Å². The largest absolute Gasteiger partial charge is 0.390 e. The average molecular weight is 352 g/mol. The molecule has 0 radical (unpaired) electrons. The summed E-state index contributed by atoms with van der Waals surface area (Å²) in [5.41, 5.74) is 2.85. The van der Waals surface area contributed by atoms with E-state index in [2.05, 4.69) is 6.07 Å². The number of benzene rings is 1. The Labute approximate surface area is 143 Å². The van der Waals surface area contributed by atoms with E-state index in [4.69, 9.17) is 11.6 Å². The predicted octanol–water partition coefficient (Wildman–Crippen LogP) is 2.46. The number of nitrogens with zero attached hydrogens (tertiary/aromatic N) is 3. The lowest BCUT2D eigenvalue weighted by Gasteiger charge is -2.11. The van der Waals surface area contributed by atoms with Gasteiger partial charge in [-0.15, -0.1) is 24.0 Å². The second-order valence-electron chi connectivity index (χ2n) is 5.22. The molecule has 5 nitrogen and oxygen atoms in total. The number of rotatable bonds is 3. The van der Waals surface area contributed by atoms with Gasteiger partial charge < -0.3 is 9.67 Å². The third-order valence-electron chi connectivity index (χ3n) is 3.74. The van der Waals surface area contributed by atoms with Crippen LogP contribution in [-0.4, -0.2) is 26.1 Å². The van der Waals surface area contributed by atoms with Gasteiger partial charge in [-0.2, -0.15) is 5.26 Å². The van der Waals surface area contributed by atoms with Gasteiger partial charge in [0, 0.05) is 6.07 Å². The van der Waals surface area contributed by atoms with E-state index < -0.39 is 6.10 Å². The fourth-order valence-electron chi connectivity index (χ4n) is 2.78. The maximum absolute atomic E-state index is 12.4. The normalized spacial score (nSPS) is 12.1. The Bertz CT molecular complexity index is 969. The Morgan fingerprint density at radius 1 is 1.35 bits per heavy atom. The molecule has 7 heteroatoms. The molecule has 0 bridgehead atoms. The number of hydrogen-bond acceptors (Lipinski definition) is 3. The van der Waals surface area contributed by atoms with Crippen LogP contribution >= 0.6 is 24.0 Å². The highest BCUT2D eigenvalue weighted by molar-refractivity contribution is 6.18. The van der Waals surface area contributed by atoms with Crippen molar-refractivity contribution in [3.8, 4) is 6.07 Å². The Balaban J connectivity index is 0.00000192. The lowest BCUT2D eigenvalue weighted by molar-refractivity contribution is 0.179. The van der Waals surface area contributed by atoms with Crippen molar-refractivity contribution in [1.29, 1.82) is 5.26 Å². The Morgan fingerprint density at radius 3 is 2.61 bits per heavy atom. The first-order valence-electron chi connectivity index (χ1n) is 6.86. The summed E-state index contributed by atoms with van der Waals surface area (Å²) in [7, 11) is 0. The van der Waals surface area contributed by atoms with Crippen LogP contribution in [0.2, 0.25) is 0 Å². The monoisotopic (exact) mass is 351 g/mol. The van der Waals surface area contributed by atoms with Gasteiger partial charge in [0.2, 0.25) is 0 Å². The first-order chi connectivity index (χ1) is 10.6. The molecule has 0 aliphatic carbocycles. The quantitative estimate of drug-likeness (QED) is 0.736. The molecule has 0 aliphatic rings. The highest BCUT2D eigenvalue weighted by Gasteiger charge is 2.18. The summed E-state index contributed by atoms with van der Waals surface area (Å²) in [6, 6.07) is 11.0. The fraction of sp³-hybridized carbons (Fsp3) is 0.250. The van der Waals surface area contributed by atoms with Crippen molar-refractivity contribution in [3.63, 3.8) is 0 Å². The zero-order chi connectivity index (χ0) is 15.9. The summed E-state index contributed by atoms with van der Waals surface area (Å²) in [5, 5.41) is 19.4. The number of para-hydroxylation sites is 2. The minimum atomic E-state index is -0.761. The molecule has 1 atom stereocenters. The Kier molecular flexibility index (Phi) is 5.00. The van der Waals surface area contributed by atoms with Crippen LogP contribution in [0, 0.1) is 18.3 Å². The molecule has 0 aliphatic heterocycles. The van der Waals surface area contributed by atoms with Crippen LogP contribution in [0.15, 0.2) is 35.1 Å². The van der Waals surface area contributed by atoms with Crippen LogP contribution < -0.4 is 5.56 Å². The molecule has 3 rings (SSSR count). The van der Waals surface area contributed by atoms with Crippen LogP contribution in [0.4, 0.5) is 0 Å². The van der Waals surface area contributed by atoms with E-state index in [-0.39, 0.29) is 30.4 Å². The molecular weight excluding hydrogens is 337 g/mol. The van der Waals surface area contributed by atoms with Crippen LogP contribution in [-0.2, 0) is 6.54 Å². The summed E-state index contributed by atoms with van der Waals surface area (Å²) >= 11 is 5.71. The van der Waals surface area contributed by atoms with Crippen LogP contribution in [0.1, 0.15) is 11.1 Å². The minimum Gasteiger partial charge on any atom is -0.390 e. The number of aromatic nitrogens is 2. The van der Waals surface area contributed by atoms with Gasteiger partial charge >= 0.3 is 0 Å².